The van der Waals surface area contributed by atoms with Crippen molar-refractivity contribution < 1.29 is 27.4 Å². The molecule has 0 saturated carbocycles. The van der Waals surface area contributed by atoms with Gasteiger partial charge in [-0.15, -0.1) is 0 Å². The van der Waals surface area contributed by atoms with Crippen molar-refractivity contribution in [3.05, 3.63) is 0 Å². The molecule has 0 fully saturated rings. The lowest BCUT2D eigenvalue weighted by Gasteiger charge is -2.15. The lowest BCUT2D eigenvalue weighted by Crippen LogP contribution is -2.42. The quantitative estimate of drug-likeness (QED) is 0.718. The van der Waals surface area contributed by atoms with Gasteiger partial charge in [0.25, 0.3) is 0 Å². The minimum Gasteiger partial charge on any atom is -0.382 e. The summed E-state index contributed by atoms with van der Waals surface area (Å²) in [5.41, 5.74) is 0. The lowest BCUT2D eigenvalue weighted by molar-refractivity contribution is -0.174. The van der Waals surface area contributed by atoms with Crippen LogP contribution in [0, 0.1) is 0 Å². The Kier molecular flexibility index (Phi) is 5.47. The summed E-state index contributed by atoms with van der Waals surface area (Å²) < 4.78 is 44.5. The molecule has 0 saturated heterocycles. The van der Waals surface area contributed by atoms with Gasteiger partial charge in [-0.25, -0.2) is 0 Å². The number of ether oxygens (including phenoxy) is 2. The van der Waals surface area contributed by atoms with E-state index in [2.05, 4.69) is 4.74 Å². The van der Waals surface area contributed by atoms with Crippen LogP contribution in [0.15, 0.2) is 0 Å². The molecule has 0 aromatic rings. The third-order valence-electron chi connectivity index (χ3n) is 1.43. The molecule has 0 rings (SSSR count). The summed E-state index contributed by atoms with van der Waals surface area (Å²) in [4.78, 5) is 10.4. The Labute approximate surface area is 79.4 Å². The van der Waals surface area contributed by atoms with E-state index in [0.717, 1.165) is 0 Å². The first-order valence-electron chi connectivity index (χ1n) is 3.78. The van der Waals surface area contributed by atoms with Gasteiger partial charge in [0.2, 0.25) is 0 Å². The van der Waals surface area contributed by atoms with Crippen molar-refractivity contribution in [1.82, 2.24) is 5.32 Å². The van der Waals surface area contributed by atoms with Crippen LogP contribution in [0.5, 0.6) is 0 Å². The van der Waals surface area contributed by atoms with Crippen LogP contribution < -0.4 is 5.32 Å². The molecule has 7 heteroatoms. The number of nitrogens with one attached hydrogen (secondary N) is 1. The second-order valence-corrected chi connectivity index (χ2v) is 2.52. The van der Waals surface area contributed by atoms with Crippen molar-refractivity contribution in [2.75, 3.05) is 27.4 Å². The van der Waals surface area contributed by atoms with Gasteiger partial charge >= 0.3 is 12.1 Å². The zero-order valence-corrected chi connectivity index (χ0v) is 7.85. The maximum atomic E-state index is 11.7. The predicted octanol–water partition coefficient (Wildman–Crippen LogP) is 0.326. The van der Waals surface area contributed by atoms with Crippen LogP contribution in [0.1, 0.15) is 0 Å². The van der Waals surface area contributed by atoms with Crippen molar-refractivity contribution in [3.8, 4) is 0 Å². The molecule has 4 nitrogen and oxygen atoms in total. The van der Waals surface area contributed by atoms with Gasteiger partial charge in [0.1, 0.15) is 0 Å². The monoisotopic (exact) mass is 215 g/mol. The molecule has 1 N–H and O–H groups in total. The summed E-state index contributed by atoms with van der Waals surface area (Å²) in [6.07, 6.45) is -5.43. The number of alkyl halides is 3. The van der Waals surface area contributed by atoms with Crippen molar-refractivity contribution in [3.63, 3.8) is 0 Å². The number of rotatable bonds is 5. The molecule has 0 heterocycles. The van der Waals surface area contributed by atoms with Gasteiger partial charge in [-0.3, -0.25) is 4.79 Å². The SMILES string of the molecule is COCC(CNC(=O)C(F)(F)F)OC. The van der Waals surface area contributed by atoms with E-state index in [4.69, 9.17) is 4.74 Å². The molecule has 1 unspecified atom stereocenters. The van der Waals surface area contributed by atoms with E-state index in [0.29, 0.717) is 0 Å². The topological polar surface area (TPSA) is 47.6 Å². The first-order valence-corrected chi connectivity index (χ1v) is 3.78. The standard InChI is InChI=1S/C7H12F3NO3/c1-13-4-5(14-2)3-11-6(12)7(8,9)10/h5H,3-4H2,1-2H3,(H,11,12). The van der Waals surface area contributed by atoms with E-state index < -0.39 is 18.2 Å². The van der Waals surface area contributed by atoms with E-state index in [-0.39, 0.29) is 13.2 Å². The average molecular weight is 215 g/mol. The smallest absolute Gasteiger partial charge is 0.382 e. The molecule has 0 aliphatic carbocycles. The first-order chi connectivity index (χ1) is 6.41. The third-order valence-corrected chi connectivity index (χ3v) is 1.43. The zero-order chi connectivity index (χ0) is 11.2. The fourth-order valence-electron chi connectivity index (χ4n) is 0.703. The largest absolute Gasteiger partial charge is 0.471 e. The number of carbonyl (C=O) groups is 1. The van der Waals surface area contributed by atoms with Gasteiger partial charge in [-0.05, 0) is 0 Å². The second-order valence-electron chi connectivity index (χ2n) is 2.52. The summed E-state index contributed by atoms with van der Waals surface area (Å²) in [5.74, 6) is -1.98. The molecule has 0 aliphatic rings. The maximum absolute atomic E-state index is 11.7. The number of hydrogen-bond donors (Lipinski definition) is 1. The van der Waals surface area contributed by atoms with E-state index in [1.165, 1.54) is 14.2 Å². The maximum Gasteiger partial charge on any atom is 0.471 e. The number of amides is 1. The molecule has 84 valence electrons. The highest BCUT2D eigenvalue weighted by atomic mass is 19.4. The summed E-state index contributed by atoms with van der Waals surface area (Å²) >= 11 is 0. The van der Waals surface area contributed by atoms with Gasteiger partial charge in [0, 0.05) is 20.8 Å². The fraction of sp³-hybridized carbons (Fsp3) is 0.857. The normalized spacial score (nSPS) is 13.8. The van der Waals surface area contributed by atoms with Crippen LogP contribution in [0.4, 0.5) is 13.2 Å². The minimum absolute atomic E-state index is 0.120. The number of carbonyl (C=O) groups excluding carboxylic acids is 1. The second kappa shape index (κ2) is 5.82. The van der Waals surface area contributed by atoms with Gasteiger partial charge < -0.3 is 14.8 Å². The van der Waals surface area contributed by atoms with E-state index in [1.54, 1.807) is 5.32 Å². The van der Waals surface area contributed by atoms with Crippen LogP contribution in [-0.4, -0.2) is 45.6 Å². The lowest BCUT2D eigenvalue weighted by atomic mass is 10.3. The predicted molar refractivity (Wildman–Crippen MR) is 41.7 cm³/mol. The molecule has 0 spiro atoms. The summed E-state index contributed by atoms with van der Waals surface area (Å²) in [6.45, 7) is -0.114. The summed E-state index contributed by atoms with van der Waals surface area (Å²) in [6, 6.07) is 0. The molecular weight excluding hydrogens is 203 g/mol. The number of methoxy groups -OCH3 is 2. The molecular formula is C7H12F3NO3. The Hall–Kier alpha value is -0.820. The Balaban J connectivity index is 3.85. The van der Waals surface area contributed by atoms with E-state index in [1.807, 2.05) is 0 Å². The molecule has 0 aromatic heterocycles. The Morgan fingerprint density at radius 2 is 2.00 bits per heavy atom. The Morgan fingerprint density at radius 3 is 2.36 bits per heavy atom. The summed E-state index contributed by atoms with van der Waals surface area (Å²) in [5, 5.41) is 1.69. The first kappa shape index (κ1) is 13.2. The van der Waals surface area contributed by atoms with Crippen molar-refractivity contribution in [2.24, 2.45) is 0 Å². The van der Waals surface area contributed by atoms with E-state index in [9.17, 15) is 18.0 Å². The highest BCUT2D eigenvalue weighted by Crippen LogP contribution is 2.13. The molecule has 14 heavy (non-hydrogen) atoms. The van der Waals surface area contributed by atoms with Crippen LogP contribution in [0.2, 0.25) is 0 Å². The van der Waals surface area contributed by atoms with Crippen molar-refractivity contribution in [2.45, 2.75) is 12.3 Å². The molecule has 0 bridgehead atoms. The highest BCUT2D eigenvalue weighted by molar-refractivity contribution is 5.81. The van der Waals surface area contributed by atoms with Crippen LogP contribution in [0.25, 0.3) is 0 Å². The molecule has 1 atom stereocenters. The van der Waals surface area contributed by atoms with Crippen LogP contribution in [-0.2, 0) is 14.3 Å². The molecule has 0 aliphatic heterocycles. The fourth-order valence-corrected chi connectivity index (χ4v) is 0.703. The van der Waals surface area contributed by atoms with Gasteiger partial charge in [-0.2, -0.15) is 13.2 Å². The third kappa shape index (κ3) is 5.03. The van der Waals surface area contributed by atoms with Crippen molar-refractivity contribution in [1.29, 1.82) is 0 Å². The molecule has 0 aromatic carbocycles. The highest BCUT2D eigenvalue weighted by Gasteiger charge is 2.38. The average Bonchev–Trinajstić information content (AvgIpc) is 2.10. The Bertz CT molecular complexity index is 184. The molecule has 0 radical (unpaired) electrons. The van der Waals surface area contributed by atoms with Crippen LogP contribution in [0.3, 0.4) is 0 Å². The van der Waals surface area contributed by atoms with Crippen molar-refractivity contribution >= 4 is 5.91 Å². The minimum atomic E-state index is -4.86. The van der Waals surface area contributed by atoms with Gasteiger partial charge in [0.05, 0.1) is 12.7 Å². The Morgan fingerprint density at radius 1 is 1.43 bits per heavy atom. The van der Waals surface area contributed by atoms with E-state index >= 15 is 0 Å². The zero-order valence-electron chi connectivity index (χ0n) is 7.85. The van der Waals surface area contributed by atoms with Gasteiger partial charge in [-0.1, -0.05) is 0 Å². The van der Waals surface area contributed by atoms with Gasteiger partial charge in [0.15, 0.2) is 0 Å². The number of halogens is 3. The van der Waals surface area contributed by atoms with Crippen LogP contribution >= 0.6 is 0 Å². The molecule has 1 amide bonds. The summed E-state index contributed by atoms with van der Waals surface area (Å²) in [7, 11) is 2.71. The number of hydrogen-bond acceptors (Lipinski definition) is 3.